The van der Waals surface area contributed by atoms with Crippen molar-refractivity contribution in [2.45, 2.75) is 69.9 Å². The minimum absolute atomic E-state index is 0.176. The first-order chi connectivity index (χ1) is 8.50. The molecule has 1 saturated carbocycles. The van der Waals surface area contributed by atoms with Crippen molar-refractivity contribution in [2.24, 2.45) is 5.73 Å². The van der Waals surface area contributed by atoms with E-state index in [1.165, 1.54) is 0 Å². The van der Waals surface area contributed by atoms with E-state index in [1.54, 1.807) is 0 Å². The van der Waals surface area contributed by atoms with Crippen LogP contribution in [0.4, 0.5) is 0 Å². The Morgan fingerprint density at radius 2 is 1.94 bits per heavy atom. The van der Waals surface area contributed by atoms with Crippen molar-refractivity contribution < 1.29 is 14.7 Å². The zero-order valence-electron chi connectivity index (χ0n) is 11.1. The molecule has 0 aliphatic heterocycles. The van der Waals surface area contributed by atoms with Crippen molar-refractivity contribution in [3.8, 4) is 0 Å². The Kier molecular flexibility index (Phi) is 5.59. The summed E-state index contributed by atoms with van der Waals surface area (Å²) < 4.78 is 0. The lowest BCUT2D eigenvalue weighted by Gasteiger charge is -2.34. The lowest BCUT2D eigenvalue weighted by Crippen LogP contribution is -2.56. The molecule has 0 spiro atoms. The highest BCUT2D eigenvalue weighted by Crippen LogP contribution is 2.28. The molecular weight excluding hydrogens is 232 g/mol. The number of hydrogen-bond donors (Lipinski definition) is 3. The normalized spacial score (nSPS) is 20.1. The minimum atomic E-state index is -1.05. The van der Waals surface area contributed by atoms with Crippen LogP contribution in [0.2, 0.25) is 0 Å². The summed E-state index contributed by atoms with van der Waals surface area (Å²) in [4.78, 5) is 23.2. The molecule has 5 nitrogen and oxygen atoms in total. The lowest BCUT2D eigenvalue weighted by molar-refractivity contribution is -0.149. The SMILES string of the molecule is CCCC(N)CC(=O)NC1(C(=O)O)CCCCC1. The molecule has 1 unspecified atom stereocenters. The molecule has 1 aliphatic rings. The van der Waals surface area contributed by atoms with Crippen LogP contribution in [0, 0.1) is 0 Å². The number of carbonyl (C=O) groups is 2. The van der Waals surface area contributed by atoms with Crippen LogP contribution < -0.4 is 11.1 Å². The quantitative estimate of drug-likeness (QED) is 0.670. The number of amides is 1. The standard InChI is InChI=1S/C13H24N2O3/c1-2-6-10(14)9-11(16)15-13(12(17)18)7-4-3-5-8-13/h10H,2-9,14H2,1H3,(H,15,16)(H,17,18). The van der Waals surface area contributed by atoms with E-state index < -0.39 is 11.5 Å². The third kappa shape index (κ3) is 3.98. The van der Waals surface area contributed by atoms with Crippen LogP contribution in [0.25, 0.3) is 0 Å². The van der Waals surface area contributed by atoms with Crippen LogP contribution in [0.15, 0.2) is 0 Å². The molecule has 1 aliphatic carbocycles. The zero-order chi connectivity index (χ0) is 13.6. The van der Waals surface area contributed by atoms with Crippen molar-refractivity contribution in [3.05, 3.63) is 0 Å². The fourth-order valence-electron chi connectivity index (χ4n) is 2.58. The first-order valence-electron chi connectivity index (χ1n) is 6.80. The van der Waals surface area contributed by atoms with Gasteiger partial charge in [0.15, 0.2) is 0 Å². The Bertz CT molecular complexity index is 299. The largest absolute Gasteiger partial charge is 0.480 e. The predicted molar refractivity (Wildman–Crippen MR) is 69.1 cm³/mol. The molecule has 0 bridgehead atoms. The van der Waals surface area contributed by atoms with E-state index >= 15 is 0 Å². The van der Waals surface area contributed by atoms with E-state index in [0.29, 0.717) is 12.8 Å². The summed E-state index contributed by atoms with van der Waals surface area (Å²) in [5.41, 5.74) is 4.75. The van der Waals surface area contributed by atoms with Crippen molar-refractivity contribution in [3.63, 3.8) is 0 Å². The molecule has 0 heterocycles. The number of hydrogen-bond acceptors (Lipinski definition) is 3. The number of nitrogens with two attached hydrogens (primary N) is 1. The van der Waals surface area contributed by atoms with E-state index in [1.807, 2.05) is 6.92 Å². The van der Waals surface area contributed by atoms with Gasteiger partial charge in [-0.3, -0.25) is 4.79 Å². The van der Waals surface area contributed by atoms with Gasteiger partial charge in [-0.2, -0.15) is 0 Å². The second kappa shape index (κ2) is 6.73. The van der Waals surface area contributed by atoms with E-state index in [0.717, 1.165) is 32.1 Å². The highest BCUT2D eigenvalue weighted by Gasteiger charge is 2.40. The molecule has 1 rings (SSSR count). The molecule has 4 N–H and O–H groups in total. The number of carboxylic acids is 1. The molecule has 0 aromatic carbocycles. The maximum atomic E-state index is 11.9. The van der Waals surface area contributed by atoms with Crippen LogP contribution in [0.5, 0.6) is 0 Å². The van der Waals surface area contributed by atoms with Crippen LogP contribution in [0.1, 0.15) is 58.3 Å². The summed E-state index contributed by atoms with van der Waals surface area (Å²) in [5, 5.41) is 12.0. The smallest absolute Gasteiger partial charge is 0.329 e. The number of aliphatic carboxylic acids is 1. The summed E-state index contributed by atoms with van der Waals surface area (Å²) in [6.07, 6.45) is 5.73. The van der Waals surface area contributed by atoms with E-state index in [4.69, 9.17) is 5.73 Å². The van der Waals surface area contributed by atoms with Gasteiger partial charge >= 0.3 is 5.97 Å². The fourth-order valence-corrected chi connectivity index (χ4v) is 2.58. The maximum Gasteiger partial charge on any atom is 0.329 e. The van der Waals surface area contributed by atoms with Gasteiger partial charge in [0.1, 0.15) is 5.54 Å². The van der Waals surface area contributed by atoms with Gasteiger partial charge in [0.2, 0.25) is 5.91 Å². The lowest BCUT2D eigenvalue weighted by atomic mass is 9.81. The van der Waals surface area contributed by atoms with Gasteiger partial charge < -0.3 is 16.2 Å². The van der Waals surface area contributed by atoms with Crippen LogP contribution >= 0.6 is 0 Å². The highest BCUT2D eigenvalue weighted by molar-refractivity contribution is 5.87. The van der Waals surface area contributed by atoms with E-state index in [2.05, 4.69) is 5.32 Å². The number of carbonyl (C=O) groups excluding carboxylic acids is 1. The molecule has 1 amide bonds. The molecule has 0 aromatic rings. The van der Waals surface area contributed by atoms with Crippen molar-refractivity contribution in [1.29, 1.82) is 0 Å². The summed E-state index contributed by atoms with van der Waals surface area (Å²) in [6.45, 7) is 2.01. The van der Waals surface area contributed by atoms with Gasteiger partial charge in [-0.25, -0.2) is 4.79 Å². The first-order valence-corrected chi connectivity index (χ1v) is 6.80. The van der Waals surface area contributed by atoms with Gasteiger partial charge in [-0.05, 0) is 19.3 Å². The molecule has 1 fully saturated rings. The third-order valence-electron chi connectivity index (χ3n) is 3.60. The predicted octanol–water partition coefficient (Wildman–Crippen LogP) is 1.41. The summed E-state index contributed by atoms with van der Waals surface area (Å²) in [5.74, 6) is -1.15. The van der Waals surface area contributed by atoms with Crippen molar-refractivity contribution in [2.75, 3.05) is 0 Å². The highest BCUT2D eigenvalue weighted by atomic mass is 16.4. The summed E-state index contributed by atoms with van der Waals surface area (Å²) in [7, 11) is 0. The molecule has 1 atom stereocenters. The molecule has 5 heteroatoms. The van der Waals surface area contributed by atoms with Crippen molar-refractivity contribution >= 4 is 11.9 Å². The fraction of sp³-hybridized carbons (Fsp3) is 0.846. The van der Waals surface area contributed by atoms with Gasteiger partial charge in [0.05, 0.1) is 0 Å². The van der Waals surface area contributed by atoms with Gasteiger partial charge in [0.25, 0.3) is 0 Å². The molecule has 0 radical (unpaired) electrons. The summed E-state index contributed by atoms with van der Waals surface area (Å²) in [6, 6.07) is -0.176. The number of carboxylic acid groups (broad SMARTS) is 1. The second-order valence-corrected chi connectivity index (χ2v) is 5.25. The van der Waals surface area contributed by atoms with E-state index in [-0.39, 0.29) is 18.4 Å². The first kappa shape index (κ1) is 15.0. The Hall–Kier alpha value is -1.10. The Morgan fingerprint density at radius 1 is 1.33 bits per heavy atom. The Balaban J connectivity index is 2.55. The Labute approximate surface area is 108 Å². The minimum Gasteiger partial charge on any atom is -0.480 e. The van der Waals surface area contributed by atoms with Crippen molar-refractivity contribution in [1.82, 2.24) is 5.32 Å². The van der Waals surface area contributed by atoms with Crippen LogP contribution in [0.3, 0.4) is 0 Å². The molecule has 0 aromatic heterocycles. The number of nitrogens with one attached hydrogen (secondary N) is 1. The molecule has 0 saturated heterocycles. The topological polar surface area (TPSA) is 92.4 Å². The van der Waals surface area contributed by atoms with Crippen LogP contribution in [-0.2, 0) is 9.59 Å². The zero-order valence-corrected chi connectivity index (χ0v) is 11.1. The van der Waals surface area contributed by atoms with Gasteiger partial charge in [-0.1, -0.05) is 32.6 Å². The van der Waals surface area contributed by atoms with Gasteiger partial charge in [0, 0.05) is 12.5 Å². The average Bonchev–Trinajstić information content (AvgIpc) is 2.29. The second-order valence-electron chi connectivity index (χ2n) is 5.25. The third-order valence-corrected chi connectivity index (χ3v) is 3.60. The van der Waals surface area contributed by atoms with Crippen LogP contribution in [-0.4, -0.2) is 28.6 Å². The molecular formula is C13H24N2O3. The average molecular weight is 256 g/mol. The van der Waals surface area contributed by atoms with E-state index in [9.17, 15) is 14.7 Å². The summed E-state index contributed by atoms with van der Waals surface area (Å²) >= 11 is 0. The van der Waals surface area contributed by atoms with Gasteiger partial charge in [-0.15, -0.1) is 0 Å². The Morgan fingerprint density at radius 3 is 2.44 bits per heavy atom. The molecule has 104 valence electrons. The molecule has 18 heavy (non-hydrogen) atoms. The maximum absolute atomic E-state index is 11.9. The number of rotatable bonds is 6. The monoisotopic (exact) mass is 256 g/mol.